The second kappa shape index (κ2) is 9.92. The SMILES string of the molecule is CO/N=C(\C(=O)NC1C(=O)N2C(C(=O)[O-])=C(COC(N)=O)CC[C@H]12)C1=CC=CC1.[Na+]. The number of β-lactam (4-membered cyclic amide) rings is 1. The van der Waals surface area contributed by atoms with Gasteiger partial charge >= 0.3 is 35.7 Å². The third-order valence-corrected chi connectivity index (χ3v) is 4.88. The summed E-state index contributed by atoms with van der Waals surface area (Å²) in [6.45, 7) is -0.349. The van der Waals surface area contributed by atoms with Gasteiger partial charge in [-0.15, -0.1) is 0 Å². The Balaban J connectivity index is 0.00000320. The minimum absolute atomic E-state index is 0. The number of carboxylic acids is 1. The van der Waals surface area contributed by atoms with Gasteiger partial charge in [-0.2, -0.15) is 0 Å². The van der Waals surface area contributed by atoms with E-state index in [9.17, 15) is 24.3 Å². The van der Waals surface area contributed by atoms with E-state index in [2.05, 4.69) is 15.2 Å². The average Bonchev–Trinajstić information content (AvgIpc) is 3.21. The van der Waals surface area contributed by atoms with Gasteiger partial charge in [-0.3, -0.25) is 9.59 Å². The van der Waals surface area contributed by atoms with Crippen molar-refractivity contribution >= 4 is 29.6 Å². The van der Waals surface area contributed by atoms with E-state index in [4.69, 9.17) is 10.6 Å². The quantitative estimate of drug-likeness (QED) is 0.179. The number of carboxylic acid groups (broad SMARTS) is 1. The number of aliphatic carboxylic acids is 1. The van der Waals surface area contributed by atoms with Gasteiger partial charge in [0.15, 0.2) is 5.71 Å². The van der Waals surface area contributed by atoms with Crippen LogP contribution in [0.1, 0.15) is 19.3 Å². The van der Waals surface area contributed by atoms with E-state index in [-0.39, 0.29) is 59.6 Å². The molecule has 0 aromatic carbocycles. The Bertz CT molecular complexity index is 893. The normalized spacial score (nSPS) is 22.4. The van der Waals surface area contributed by atoms with Gasteiger partial charge in [0, 0.05) is 0 Å². The molecule has 1 aliphatic carbocycles. The number of carbonyl (C=O) groups is 4. The minimum Gasteiger partial charge on any atom is -0.543 e. The monoisotopic (exact) mass is 426 g/mol. The predicted molar refractivity (Wildman–Crippen MR) is 95.7 cm³/mol. The van der Waals surface area contributed by atoms with E-state index in [1.165, 1.54) is 7.11 Å². The molecular weight excluding hydrogens is 407 g/mol. The first kappa shape index (κ1) is 23.6. The number of ether oxygens (including phenoxy) is 1. The van der Waals surface area contributed by atoms with Crippen LogP contribution in [0.4, 0.5) is 4.79 Å². The van der Waals surface area contributed by atoms with E-state index in [0.29, 0.717) is 18.4 Å². The molecule has 0 bridgehead atoms. The Labute approximate surface area is 193 Å². The molecule has 2 heterocycles. The molecule has 11 nitrogen and oxygen atoms in total. The van der Waals surface area contributed by atoms with Crippen LogP contribution in [0.15, 0.2) is 40.2 Å². The van der Waals surface area contributed by atoms with Crippen LogP contribution in [0.2, 0.25) is 0 Å². The average molecular weight is 426 g/mol. The summed E-state index contributed by atoms with van der Waals surface area (Å²) in [4.78, 5) is 53.4. The van der Waals surface area contributed by atoms with Gasteiger partial charge in [0.1, 0.15) is 19.8 Å². The summed E-state index contributed by atoms with van der Waals surface area (Å²) in [6, 6.07) is -1.47. The van der Waals surface area contributed by atoms with Crippen LogP contribution < -0.4 is 45.7 Å². The van der Waals surface area contributed by atoms with Crippen LogP contribution in [-0.2, 0) is 24.0 Å². The Kier molecular flexibility index (Phi) is 7.82. The Morgan fingerprint density at radius 1 is 1.40 bits per heavy atom. The number of allylic oxidation sites excluding steroid dienone is 3. The molecule has 3 rings (SSSR count). The number of nitrogens with zero attached hydrogens (tertiary/aromatic N) is 2. The van der Waals surface area contributed by atoms with Crippen LogP contribution in [0.3, 0.4) is 0 Å². The van der Waals surface area contributed by atoms with E-state index in [1.807, 2.05) is 6.08 Å². The second-order valence-corrected chi connectivity index (χ2v) is 6.56. The zero-order valence-corrected chi connectivity index (χ0v) is 18.5. The van der Waals surface area contributed by atoms with Crippen molar-refractivity contribution in [3.63, 3.8) is 0 Å². The molecule has 0 radical (unpaired) electrons. The first-order valence-electron chi connectivity index (χ1n) is 8.82. The van der Waals surface area contributed by atoms with Gasteiger partial charge in [-0.05, 0) is 30.4 Å². The van der Waals surface area contributed by atoms with Crippen LogP contribution in [0.25, 0.3) is 0 Å². The maximum atomic E-state index is 12.6. The third-order valence-electron chi connectivity index (χ3n) is 4.88. The minimum atomic E-state index is -1.57. The van der Waals surface area contributed by atoms with Gasteiger partial charge in [-0.25, -0.2) is 4.79 Å². The summed E-state index contributed by atoms with van der Waals surface area (Å²) in [7, 11) is 1.31. The van der Waals surface area contributed by atoms with Crippen molar-refractivity contribution in [3.8, 4) is 0 Å². The van der Waals surface area contributed by atoms with Crippen molar-refractivity contribution in [1.29, 1.82) is 0 Å². The number of hydrogen-bond donors (Lipinski definition) is 2. The molecule has 2 atom stereocenters. The van der Waals surface area contributed by atoms with Gasteiger partial charge < -0.3 is 35.4 Å². The summed E-state index contributed by atoms with van der Waals surface area (Å²) >= 11 is 0. The number of hydrogen-bond acceptors (Lipinski definition) is 8. The maximum Gasteiger partial charge on any atom is 1.00 e. The first-order chi connectivity index (χ1) is 13.8. The molecule has 154 valence electrons. The van der Waals surface area contributed by atoms with Gasteiger partial charge in [-0.1, -0.05) is 23.4 Å². The first-order valence-corrected chi connectivity index (χ1v) is 8.82. The molecule has 0 aromatic heterocycles. The Hall–Kier alpha value is -2.63. The molecule has 30 heavy (non-hydrogen) atoms. The maximum absolute atomic E-state index is 12.6. The van der Waals surface area contributed by atoms with Gasteiger partial charge in [0.25, 0.3) is 11.8 Å². The number of primary amides is 1. The van der Waals surface area contributed by atoms with Crippen molar-refractivity contribution in [2.75, 3.05) is 13.7 Å². The molecule has 3 N–H and O–H groups in total. The zero-order valence-electron chi connectivity index (χ0n) is 16.5. The smallest absolute Gasteiger partial charge is 0.543 e. The van der Waals surface area contributed by atoms with Crippen LogP contribution in [-0.4, -0.2) is 60.3 Å². The van der Waals surface area contributed by atoms with Crippen LogP contribution >= 0.6 is 0 Å². The Morgan fingerprint density at radius 2 is 2.13 bits per heavy atom. The number of fused-ring (bicyclic) bond motifs is 1. The molecule has 0 spiro atoms. The van der Waals surface area contributed by atoms with Crippen molar-refractivity contribution in [2.24, 2.45) is 10.9 Å². The number of nitrogens with two attached hydrogens (primary N) is 1. The molecule has 2 aliphatic heterocycles. The van der Waals surface area contributed by atoms with Crippen molar-refractivity contribution in [3.05, 3.63) is 35.1 Å². The van der Waals surface area contributed by atoms with E-state index < -0.39 is 36.0 Å². The van der Waals surface area contributed by atoms with Gasteiger partial charge in [0.05, 0.1) is 17.7 Å². The number of rotatable bonds is 7. The summed E-state index contributed by atoms with van der Waals surface area (Å²) in [5, 5.41) is 17.9. The predicted octanol–water partition coefficient (Wildman–Crippen LogP) is -4.53. The molecule has 3 amide bonds. The molecule has 0 saturated carbocycles. The van der Waals surface area contributed by atoms with Gasteiger partial charge in [0.2, 0.25) is 0 Å². The summed E-state index contributed by atoms with van der Waals surface area (Å²) < 4.78 is 4.65. The summed E-state index contributed by atoms with van der Waals surface area (Å²) in [5.74, 6) is -2.77. The van der Waals surface area contributed by atoms with Crippen LogP contribution in [0, 0.1) is 0 Å². The molecule has 1 saturated heterocycles. The standard InChI is InChI=1S/C18H20N4O7.Na/c1-28-21-12(9-4-2-3-5-9)15(23)20-13-11-7-6-10(8-29-18(19)27)14(17(25)26)22(11)16(13)24;/h2-4,11,13H,5-8H2,1H3,(H2,19,27)(H,20,23)(H,25,26);/q;+1/p-1/b21-12-;/t11-,13?;/m1./s1. The third kappa shape index (κ3) is 4.58. The van der Waals surface area contributed by atoms with Crippen molar-refractivity contribution in [1.82, 2.24) is 10.2 Å². The molecule has 12 heteroatoms. The molecule has 1 unspecified atom stereocenters. The summed E-state index contributed by atoms with van der Waals surface area (Å²) in [6.07, 6.45) is 5.39. The van der Waals surface area contributed by atoms with E-state index in [0.717, 1.165) is 4.90 Å². The van der Waals surface area contributed by atoms with Crippen molar-refractivity contribution < 1.29 is 63.4 Å². The van der Waals surface area contributed by atoms with E-state index >= 15 is 0 Å². The van der Waals surface area contributed by atoms with Crippen molar-refractivity contribution in [2.45, 2.75) is 31.3 Å². The number of oxime groups is 1. The fourth-order valence-corrected chi connectivity index (χ4v) is 3.60. The second-order valence-electron chi connectivity index (χ2n) is 6.56. The fraction of sp³-hybridized carbons (Fsp3) is 0.389. The largest absolute Gasteiger partial charge is 1.00 e. The molecule has 3 aliphatic rings. The topological polar surface area (TPSA) is 163 Å². The molecule has 1 fully saturated rings. The Morgan fingerprint density at radius 3 is 2.70 bits per heavy atom. The molecule has 0 aromatic rings. The van der Waals surface area contributed by atoms with Crippen LogP contribution in [0.5, 0.6) is 0 Å². The van der Waals surface area contributed by atoms with E-state index in [1.54, 1.807) is 12.2 Å². The summed E-state index contributed by atoms with van der Waals surface area (Å²) in [5.41, 5.74) is 5.46. The zero-order chi connectivity index (χ0) is 21.1. The fourth-order valence-electron chi connectivity index (χ4n) is 3.60. The number of amides is 3. The number of nitrogens with one attached hydrogen (secondary N) is 1. The molecular formula is C18H19N4NaO7. The number of carbonyl (C=O) groups excluding carboxylic acids is 4.